The summed E-state index contributed by atoms with van der Waals surface area (Å²) < 4.78 is 7.71. The van der Waals surface area contributed by atoms with Crippen LogP contribution < -0.4 is 10.1 Å². The Labute approximate surface area is 239 Å². The molecule has 1 atom stereocenters. The molecule has 2 aliphatic rings. The van der Waals surface area contributed by atoms with E-state index in [1.54, 1.807) is 16.8 Å². The summed E-state index contributed by atoms with van der Waals surface area (Å²) in [6.45, 7) is 2.07. The first-order chi connectivity index (χ1) is 18.4. The Morgan fingerprint density at radius 3 is 2.45 bits per heavy atom. The standard InChI is InChI=1S/C30H32Cl3N3O2/c1-19(21-7-3-2-4-8-21)34-30(37)38-29-25-10-6-5-9-22(17-20-11-13-23(31)14-12-20)28(25)36(35-29)27-16-15-24(32)18-26(27)33/h11-19,21H,2-10H2,1H3,(H,34,37)/b22-17+/t19-/m1/s1. The van der Waals surface area contributed by atoms with Crippen LogP contribution in [0.4, 0.5) is 4.79 Å². The van der Waals surface area contributed by atoms with Crippen molar-refractivity contribution < 1.29 is 9.53 Å². The number of ether oxygens (including phenoxy) is 1. The lowest BCUT2D eigenvalue weighted by atomic mass is 9.85. The molecular formula is C30H32Cl3N3O2. The highest BCUT2D eigenvalue weighted by molar-refractivity contribution is 6.35. The van der Waals surface area contributed by atoms with Crippen LogP contribution >= 0.6 is 34.8 Å². The number of amides is 1. The van der Waals surface area contributed by atoms with Crippen LogP contribution in [0.3, 0.4) is 0 Å². The third kappa shape index (κ3) is 6.22. The minimum Gasteiger partial charge on any atom is -0.389 e. The van der Waals surface area contributed by atoms with Crippen molar-refractivity contribution in [3.63, 3.8) is 0 Å². The number of nitrogens with one attached hydrogen (secondary N) is 1. The molecule has 1 N–H and O–H groups in total. The van der Waals surface area contributed by atoms with E-state index < -0.39 is 6.09 Å². The van der Waals surface area contributed by atoms with E-state index in [2.05, 4.69) is 18.3 Å². The molecule has 0 bridgehead atoms. The van der Waals surface area contributed by atoms with Crippen molar-refractivity contribution in [1.29, 1.82) is 0 Å². The van der Waals surface area contributed by atoms with E-state index in [1.807, 2.05) is 30.3 Å². The number of halogens is 3. The van der Waals surface area contributed by atoms with Crippen LogP contribution in [0.25, 0.3) is 17.3 Å². The fourth-order valence-corrected chi connectivity index (χ4v) is 6.20. The van der Waals surface area contributed by atoms with E-state index >= 15 is 0 Å². The lowest BCUT2D eigenvalue weighted by Gasteiger charge is -2.27. The van der Waals surface area contributed by atoms with Gasteiger partial charge >= 0.3 is 6.09 Å². The van der Waals surface area contributed by atoms with Gasteiger partial charge in [0.1, 0.15) is 0 Å². The van der Waals surface area contributed by atoms with Crippen LogP contribution in [0.15, 0.2) is 42.5 Å². The summed E-state index contributed by atoms with van der Waals surface area (Å²) in [6, 6.07) is 13.1. The lowest BCUT2D eigenvalue weighted by molar-refractivity contribution is 0.184. The van der Waals surface area contributed by atoms with Crippen molar-refractivity contribution in [2.24, 2.45) is 5.92 Å². The Morgan fingerprint density at radius 2 is 1.71 bits per heavy atom. The molecule has 1 aromatic heterocycles. The molecule has 1 fully saturated rings. The van der Waals surface area contributed by atoms with Crippen LogP contribution in [-0.2, 0) is 6.42 Å². The first-order valence-electron chi connectivity index (χ1n) is 13.4. The van der Waals surface area contributed by atoms with E-state index in [0.29, 0.717) is 32.6 Å². The topological polar surface area (TPSA) is 56.1 Å². The molecular weight excluding hydrogens is 541 g/mol. The SMILES string of the molecule is C[C@@H](NC(=O)Oc1nn(-c2ccc(Cl)cc2Cl)c2c1CCCC/C2=C\c1ccc(Cl)cc1)C1CCCCC1. The van der Waals surface area contributed by atoms with Crippen molar-refractivity contribution in [3.8, 4) is 11.6 Å². The maximum absolute atomic E-state index is 13.0. The fourth-order valence-electron chi connectivity index (χ4n) is 5.59. The van der Waals surface area contributed by atoms with Gasteiger partial charge in [0, 0.05) is 21.7 Å². The second kappa shape index (κ2) is 12.1. The van der Waals surface area contributed by atoms with Gasteiger partial charge in [0.15, 0.2) is 0 Å². The summed E-state index contributed by atoms with van der Waals surface area (Å²) in [5.74, 6) is 0.802. The minimum absolute atomic E-state index is 0.0505. The molecule has 0 saturated heterocycles. The van der Waals surface area contributed by atoms with Gasteiger partial charge in [-0.05, 0) is 98.9 Å². The second-order valence-electron chi connectivity index (χ2n) is 10.3. The number of aromatic nitrogens is 2. The molecule has 1 saturated carbocycles. The fraction of sp³-hybridized carbons (Fsp3) is 0.400. The van der Waals surface area contributed by atoms with Crippen molar-refractivity contribution in [2.45, 2.75) is 70.8 Å². The third-order valence-corrected chi connectivity index (χ3v) is 8.40. The molecule has 3 aromatic rings. The zero-order chi connectivity index (χ0) is 26.6. The van der Waals surface area contributed by atoms with E-state index in [4.69, 9.17) is 44.6 Å². The van der Waals surface area contributed by atoms with Crippen LogP contribution in [-0.4, -0.2) is 21.9 Å². The number of carbonyl (C=O) groups is 1. The van der Waals surface area contributed by atoms with Crippen molar-refractivity contribution in [2.75, 3.05) is 0 Å². The summed E-state index contributed by atoms with van der Waals surface area (Å²) in [4.78, 5) is 13.0. The number of hydrogen-bond acceptors (Lipinski definition) is 3. The number of carbonyl (C=O) groups excluding carboxylic acids is 1. The first kappa shape index (κ1) is 27.1. The minimum atomic E-state index is -0.467. The summed E-state index contributed by atoms with van der Waals surface area (Å²) >= 11 is 19.0. The van der Waals surface area contributed by atoms with E-state index in [-0.39, 0.29) is 6.04 Å². The molecule has 0 unspecified atom stereocenters. The zero-order valence-corrected chi connectivity index (χ0v) is 23.8. The van der Waals surface area contributed by atoms with Crippen LogP contribution in [0, 0.1) is 5.92 Å². The summed E-state index contributed by atoms with van der Waals surface area (Å²) in [6.07, 6.45) is 11.2. The molecule has 0 aliphatic heterocycles. The summed E-state index contributed by atoms with van der Waals surface area (Å²) in [5, 5.41) is 9.57. The van der Waals surface area contributed by atoms with E-state index in [0.717, 1.165) is 60.9 Å². The van der Waals surface area contributed by atoms with Gasteiger partial charge in [-0.1, -0.05) is 66.2 Å². The lowest BCUT2D eigenvalue weighted by Crippen LogP contribution is -2.40. The Bertz CT molecular complexity index is 1330. The quantitative estimate of drug-likeness (QED) is 0.310. The van der Waals surface area contributed by atoms with Crippen molar-refractivity contribution in [3.05, 3.63) is 74.4 Å². The Hall–Kier alpha value is -2.47. The van der Waals surface area contributed by atoms with Gasteiger partial charge in [0.05, 0.1) is 16.4 Å². The number of allylic oxidation sites excluding steroid dienone is 1. The number of hydrogen-bond donors (Lipinski definition) is 1. The highest BCUT2D eigenvalue weighted by atomic mass is 35.5. The number of benzene rings is 2. The maximum atomic E-state index is 13.0. The van der Waals surface area contributed by atoms with Crippen LogP contribution in [0.5, 0.6) is 5.88 Å². The number of fused-ring (bicyclic) bond motifs is 1. The monoisotopic (exact) mass is 571 g/mol. The van der Waals surface area contributed by atoms with Crippen LogP contribution in [0.1, 0.15) is 75.1 Å². The van der Waals surface area contributed by atoms with E-state index in [1.165, 1.54) is 19.3 Å². The Morgan fingerprint density at radius 1 is 1.00 bits per heavy atom. The molecule has 2 aliphatic carbocycles. The van der Waals surface area contributed by atoms with Gasteiger partial charge < -0.3 is 10.1 Å². The third-order valence-electron chi connectivity index (χ3n) is 7.61. The Balaban J connectivity index is 1.53. The normalized spacial score (nSPS) is 18.1. The molecule has 1 heterocycles. The van der Waals surface area contributed by atoms with Gasteiger partial charge in [-0.3, -0.25) is 0 Å². The smallest absolute Gasteiger partial charge is 0.389 e. The van der Waals surface area contributed by atoms with Gasteiger partial charge in [-0.25, -0.2) is 9.48 Å². The largest absolute Gasteiger partial charge is 0.414 e. The number of rotatable bonds is 5. The molecule has 38 heavy (non-hydrogen) atoms. The van der Waals surface area contributed by atoms with Crippen LogP contribution in [0.2, 0.25) is 15.1 Å². The van der Waals surface area contributed by atoms with Crippen molar-refractivity contribution in [1.82, 2.24) is 15.1 Å². The average Bonchev–Trinajstić information content (AvgIpc) is 3.10. The molecule has 5 nitrogen and oxygen atoms in total. The Kier molecular flexibility index (Phi) is 8.67. The zero-order valence-electron chi connectivity index (χ0n) is 21.5. The molecule has 5 rings (SSSR count). The predicted octanol–water partition coefficient (Wildman–Crippen LogP) is 9.16. The summed E-state index contributed by atoms with van der Waals surface area (Å²) in [7, 11) is 0. The van der Waals surface area contributed by atoms with E-state index in [9.17, 15) is 4.79 Å². The number of nitrogens with zero attached hydrogens (tertiary/aromatic N) is 2. The van der Waals surface area contributed by atoms with Gasteiger partial charge in [-0.15, -0.1) is 5.10 Å². The first-order valence-corrected chi connectivity index (χ1v) is 14.5. The molecule has 2 aromatic carbocycles. The molecule has 8 heteroatoms. The van der Waals surface area contributed by atoms with Gasteiger partial charge in [-0.2, -0.15) is 0 Å². The second-order valence-corrected chi connectivity index (χ2v) is 11.6. The maximum Gasteiger partial charge on any atom is 0.414 e. The molecule has 200 valence electrons. The highest BCUT2D eigenvalue weighted by Gasteiger charge is 2.28. The summed E-state index contributed by atoms with van der Waals surface area (Å²) in [5.41, 5.74) is 4.64. The van der Waals surface area contributed by atoms with Crippen molar-refractivity contribution >= 4 is 52.5 Å². The highest BCUT2D eigenvalue weighted by Crippen LogP contribution is 2.39. The average molecular weight is 573 g/mol. The predicted molar refractivity (Wildman–Crippen MR) is 156 cm³/mol. The molecule has 1 amide bonds. The molecule has 0 radical (unpaired) electrons. The molecule has 0 spiro atoms. The van der Waals surface area contributed by atoms with Gasteiger partial charge in [0.25, 0.3) is 0 Å². The van der Waals surface area contributed by atoms with Gasteiger partial charge in [0.2, 0.25) is 5.88 Å².